The van der Waals surface area contributed by atoms with Crippen molar-refractivity contribution in [1.82, 2.24) is 0 Å². The lowest BCUT2D eigenvalue weighted by atomic mass is 9.71. The summed E-state index contributed by atoms with van der Waals surface area (Å²) in [6.45, 7) is 8.21. The molecule has 17 heavy (non-hydrogen) atoms. The summed E-state index contributed by atoms with van der Waals surface area (Å²) in [6, 6.07) is 0. The van der Waals surface area contributed by atoms with Crippen molar-refractivity contribution in [3.05, 3.63) is 11.6 Å². The van der Waals surface area contributed by atoms with Crippen molar-refractivity contribution < 1.29 is 10.2 Å². The van der Waals surface area contributed by atoms with Gasteiger partial charge in [-0.25, -0.2) is 0 Å². The molecule has 2 heteroatoms. The molecule has 4 atom stereocenters. The quantitative estimate of drug-likeness (QED) is 0.740. The summed E-state index contributed by atoms with van der Waals surface area (Å²) in [7, 11) is 0. The predicted molar refractivity (Wildman–Crippen MR) is 71.8 cm³/mol. The van der Waals surface area contributed by atoms with E-state index in [2.05, 4.69) is 26.8 Å². The fraction of sp³-hybridized carbons (Fsp3) is 0.867. The second-order valence-corrected chi connectivity index (χ2v) is 6.27. The summed E-state index contributed by atoms with van der Waals surface area (Å²) >= 11 is 0. The second-order valence-electron chi connectivity index (χ2n) is 6.27. The minimum absolute atomic E-state index is 0.0456. The summed E-state index contributed by atoms with van der Waals surface area (Å²) in [5, 5.41) is 20.6. The molecule has 0 aromatic carbocycles. The van der Waals surface area contributed by atoms with Gasteiger partial charge in [-0.1, -0.05) is 25.0 Å². The smallest absolute Gasteiger partial charge is 0.0675 e. The lowest BCUT2D eigenvalue weighted by Crippen LogP contribution is -2.44. The van der Waals surface area contributed by atoms with E-state index in [1.165, 1.54) is 5.57 Å². The predicted octanol–water partition coefficient (Wildman–Crippen LogP) is 3.28. The maximum absolute atomic E-state index is 10.5. The van der Waals surface area contributed by atoms with Crippen LogP contribution in [0.25, 0.3) is 0 Å². The third kappa shape index (κ3) is 4.44. The van der Waals surface area contributed by atoms with Crippen LogP contribution >= 0.6 is 0 Å². The summed E-state index contributed by atoms with van der Waals surface area (Å²) < 4.78 is 0. The maximum atomic E-state index is 10.5. The van der Waals surface area contributed by atoms with Gasteiger partial charge in [0.1, 0.15) is 0 Å². The van der Waals surface area contributed by atoms with Crippen LogP contribution in [0.4, 0.5) is 0 Å². The van der Waals surface area contributed by atoms with Gasteiger partial charge in [0.05, 0.1) is 11.7 Å². The molecule has 0 aromatic rings. The van der Waals surface area contributed by atoms with Crippen LogP contribution in [0.3, 0.4) is 0 Å². The van der Waals surface area contributed by atoms with Crippen LogP contribution in [0.5, 0.6) is 0 Å². The van der Waals surface area contributed by atoms with Gasteiger partial charge in [-0.2, -0.15) is 0 Å². The Morgan fingerprint density at radius 1 is 1.35 bits per heavy atom. The van der Waals surface area contributed by atoms with Gasteiger partial charge in [0.15, 0.2) is 0 Å². The zero-order chi connectivity index (χ0) is 13.1. The van der Waals surface area contributed by atoms with Gasteiger partial charge in [0.25, 0.3) is 0 Å². The van der Waals surface area contributed by atoms with E-state index in [1.54, 1.807) is 0 Å². The summed E-state index contributed by atoms with van der Waals surface area (Å²) in [5.41, 5.74) is 0.560. The molecular weight excluding hydrogens is 212 g/mol. The Kier molecular flexibility index (Phi) is 5.21. The second kappa shape index (κ2) is 6.01. The maximum Gasteiger partial charge on any atom is 0.0675 e. The Morgan fingerprint density at radius 3 is 2.53 bits per heavy atom. The Labute approximate surface area is 106 Å². The molecule has 100 valence electrons. The van der Waals surface area contributed by atoms with Crippen LogP contribution in [0.1, 0.15) is 59.8 Å². The van der Waals surface area contributed by atoms with Gasteiger partial charge in [-0.3, -0.25) is 0 Å². The molecule has 0 radical (unpaired) electrons. The van der Waals surface area contributed by atoms with Gasteiger partial charge in [0.2, 0.25) is 0 Å². The van der Waals surface area contributed by atoms with Crippen LogP contribution in [-0.2, 0) is 0 Å². The summed E-state index contributed by atoms with van der Waals surface area (Å²) in [6.07, 6.45) is 6.38. The van der Waals surface area contributed by atoms with E-state index >= 15 is 0 Å². The highest BCUT2D eigenvalue weighted by Gasteiger charge is 2.39. The largest absolute Gasteiger partial charge is 0.393 e. The Hall–Kier alpha value is -0.340. The van der Waals surface area contributed by atoms with Crippen molar-refractivity contribution in [2.45, 2.75) is 71.5 Å². The third-order valence-corrected chi connectivity index (χ3v) is 4.08. The highest BCUT2D eigenvalue weighted by atomic mass is 16.3. The van der Waals surface area contributed by atoms with Gasteiger partial charge in [0, 0.05) is 5.92 Å². The molecule has 2 nitrogen and oxygen atoms in total. The van der Waals surface area contributed by atoms with E-state index in [4.69, 9.17) is 0 Å². The molecule has 2 N–H and O–H groups in total. The Balaban J connectivity index is 2.54. The van der Waals surface area contributed by atoms with E-state index < -0.39 is 5.60 Å². The number of aliphatic hydroxyl groups excluding tert-OH is 1. The van der Waals surface area contributed by atoms with Gasteiger partial charge in [-0.05, 0) is 52.4 Å². The zero-order valence-electron chi connectivity index (χ0n) is 11.7. The molecule has 0 aromatic heterocycles. The number of aliphatic hydroxyl groups is 2. The molecule has 0 bridgehead atoms. The third-order valence-electron chi connectivity index (χ3n) is 4.08. The van der Waals surface area contributed by atoms with Gasteiger partial charge >= 0.3 is 0 Å². The molecule has 1 saturated carbocycles. The monoisotopic (exact) mass is 240 g/mol. The zero-order valence-corrected chi connectivity index (χ0v) is 11.7. The number of rotatable bonds is 4. The highest BCUT2D eigenvalue weighted by molar-refractivity contribution is 4.96. The van der Waals surface area contributed by atoms with E-state index in [9.17, 15) is 10.2 Å². The average molecular weight is 240 g/mol. The van der Waals surface area contributed by atoms with Crippen molar-refractivity contribution in [1.29, 1.82) is 0 Å². The molecule has 0 heterocycles. The Bertz CT molecular complexity index is 264. The van der Waals surface area contributed by atoms with Gasteiger partial charge in [-0.15, -0.1) is 0 Å². The van der Waals surface area contributed by atoms with Crippen LogP contribution in [0.15, 0.2) is 11.6 Å². The van der Waals surface area contributed by atoms with Crippen LogP contribution in [0.2, 0.25) is 0 Å². The number of allylic oxidation sites excluding steroid dienone is 2. The van der Waals surface area contributed by atoms with Crippen LogP contribution < -0.4 is 0 Å². The average Bonchev–Trinajstić information content (AvgIpc) is 2.15. The van der Waals surface area contributed by atoms with Crippen molar-refractivity contribution in [3.63, 3.8) is 0 Å². The summed E-state index contributed by atoms with van der Waals surface area (Å²) in [4.78, 5) is 0. The lowest BCUT2D eigenvalue weighted by molar-refractivity contribution is -0.0876. The Morgan fingerprint density at radius 2 is 2.00 bits per heavy atom. The molecule has 0 unspecified atom stereocenters. The van der Waals surface area contributed by atoms with Crippen LogP contribution in [-0.4, -0.2) is 21.9 Å². The van der Waals surface area contributed by atoms with E-state index in [0.29, 0.717) is 5.92 Å². The molecule has 1 fully saturated rings. The fourth-order valence-electron chi connectivity index (χ4n) is 2.91. The van der Waals surface area contributed by atoms with E-state index in [0.717, 1.165) is 32.1 Å². The lowest BCUT2D eigenvalue weighted by Gasteiger charge is -2.40. The molecule has 0 spiro atoms. The fourth-order valence-corrected chi connectivity index (χ4v) is 2.91. The first-order valence-electron chi connectivity index (χ1n) is 6.86. The van der Waals surface area contributed by atoms with E-state index in [1.807, 2.05) is 6.92 Å². The van der Waals surface area contributed by atoms with Crippen molar-refractivity contribution in [3.8, 4) is 0 Å². The standard InChI is InChI=1S/C15H28O2/c1-11(2)6-5-9-15(4,17)13-8-7-12(3)10-14(13)16/h6,12-14,16-17H,5,7-10H2,1-4H3/t12-,13-,14-,15-/m1/s1. The van der Waals surface area contributed by atoms with Crippen molar-refractivity contribution in [2.24, 2.45) is 11.8 Å². The minimum Gasteiger partial charge on any atom is -0.393 e. The first-order valence-corrected chi connectivity index (χ1v) is 6.86. The van der Waals surface area contributed by atoms with Crippen molar-refractivity contribution in [2.75, 3.05) is 0 Å². The SMILES string of the molecule is CC(C)=CCC[C@@](C)(O)[C@@H]1CC[C@@H](C)C[C@H]1O. The molecule has 1 aliphatic rings. The van der Waals surface area contributed by atoms with Gasteiger partial charge < -0.3 is 10.2 Å². The highest BCUT2D eigenvalue weighted by Crippen LogP contribution is 2.37. The molecule has 1 rings (SSSR count). The van der Waals surface area contributed by atoms with Crippen molar-refractivity contribution >= 4 is 0 Å². The number of hydrogen-bond acceptors (Lipinski definition) is 2. The normalized spacial score (nSPS) is 32.9. The summed E-state index contributed by atoms with van der Waals surface area (Å²) in [5.74, 6) is 0.638. The minimum atomic E-state index is -0.731. The molecule has 0 amide bonds. The molecular formula is C15H28O2. The molecule has 0 aliphatic heterocycles. The number of hydrogen-bond donors (Lipinski definition) is 2. The topological polar surface area (TPSA) is 40.5 Å². The first kappa shape index (κ1) is 14.7. The molecule has 1 aliphatic carbocycles. The first-order chi connectivity index (χ1) is 7.83. The molecule has 0 saturated heterocycles. The van der Waals surface area contributed by atoms with E-state index in [-0.39, 0.29) is 12.0 Å². The van der Waals surface area contributed by atoms with Crippen LogP contribution in [0, 0.1) is 11.8 Å².